The number of hydrogen-bond acceptors (Lipinski definition) is 2. The monoisotopic (exact) mass is 148 g/mol. The fourth-order valence-corrected chi connectivity index (χ4v) is 0.564. The summed E-state index contributed by atoms with van der Waals surface area (Å²) in [7, 11) is 0. The molecule has 0 saturated carbocycles. The number of aliphatic hydroxyl groups is 1. The van der Waals surface area contributed by atoms with Crippen molar-refractivity contribution in [2.24, 2.45) is 0 Å². The number of alkyl halides is 2. The Bertz CT molecular complexity index is 194. The van der Waals surface area contributed by atoms with Gasteiger partial charge in [0.2, 0.25) is 0 Å². The molecule has 0 radical (unpaired) electrons. The van der Waals surface area contributed by atoms with Crippen LogP contribution in [0, 0.1) is 0 Å². The second-order valence-corrected chi connectivity index (χ2v) is 1.87. The topological polar surface area (TPSA) is 33.4 Å². The van der Waals surface area contributed by atoms with Crippen molar-refractivity contribution in [2.75, 3.05) is 6.61 Å². The Hall–Kier alpha value is -0.900. The summed E-state index contributed by atoms with van der Waals surface area (Å²) in [5.74, 6) is -3.17. The smallest absolute Gasteiger partial charge is 0.298 e. The summed E-state index contributed by atoms with van der Waals surface area (Å²) in [5, 5.41) is 8.17. The Balaban J connectivity index is 2.85. The predicted octanol–water partition coefficient (Wildman–Crippen LogP) is 1.36. The second-order valence-electron chi connectivity index (χ2n) is 1.87. The minimum Gasteiger partial charge on any atom is -0.472 e. The van der Waals surface area contributed by atoms with Gasteiger partial charge in [0.05, 0.1) is 18.1 Å². The number of furan rings is 1. The van der Waals surface area contributed by atoms with E-state index in [-0.39, 0.29) is 5.56 Å². The van der Waals surface area contributed by atoms with Crippen molar-refractivity contribution >= 4 is 0 Å². The average molecular weight is 148 g/mol. The fraction of sp³-hybridized carbons (Fsp3) is 0.333. The molecule has 4 heteroatoms. The number of rotatable bonds is 2. The summed E-state index contributed by atoms with van der Waals surface area (Å²) < 4.78 is 29.2. The van der Waals surface area contributed by atoms with E-state index < -0.39 is 12.5 Å². The van der Waals surface area contributed by atoms with Crippen molar-refractivity contribution in [2.45, 2.75) is 5.92 Å². The van der Waals surface area contributed by atoms with E-state index in [0.29, 0.717) is 0 Å². The Kier molecular flexibility index (Phi) is 1.72. The second kappa shape index (κ2) is 2.38. The molecule has 1 aromatic heterocycles. The molecule has 0 aliphatic heterocycles. The van der Waals surface area contributed by atoms with Gasteiger partial charge in [-0.25, -0.2) is 0 Å². The Morgan fingerprint density at radius 2 is 2.30 bits per heavy atom. The minimum atomic E-state index is -3.17. The summed E-state index contributed by atoms with van der Waals surface area (Å²) in [6.45, 7) is -1.19. The van der Waals surface area contributed by atoms with Crippen molar-refractivity contribution in [3.05, 3.63) is 24.2 Å². The first-order chi connectivity index (χ1) is 4.67. The normalized spacial score (nSPS) is 11.9. The summed E-state index contributed by atoms with van der Waals surface area (Å²) in [4.78, 5) is 0. The SMILES string of the molecule is OCC(F)(F)c1ccoc1. The average Bonchev–Trinajstić information content (AvgIpc) is 2.38. The molecule has 0 aliphatic carbocycles. The highest BCUT2D eigenvalue weighted by Crippen LogP contribution is 2.26. The molecule has 1 rings (SSSR count). The number of hydrogen-bond donors (Lipinski definition) is 1. The molecule has 0 unspecified atom stereocenters. The molecule has 0 fully saturated rings. The zero-order valence-electron chi connectivity index (χ0n) is 5.05. The lowest BCUT2D eigenvalue weighted by atomic mass is 10.2. The van der Waals surface area contributed by atoms with Gasteiger partial charge in [-0.05, 0) is 6.07 Å². The number of aliphatic hydroxyl groups excluding tert-OH is 1. The van der Waals surface area contributed by atoms with Gasteiger partial charge in [0.25, 0.3) is 5.92 Å². The van der Waals surface area contributed by atoms with Crippen LogP contribution in [0.1, 0.15) is 5.56 Å². The van der Waals surface area contributed by atoms with Crippen LogP contribution in [0.5, 0.6) is 0 Å². The van der Waals surface area contributed by atoms with Gasteiger partial charge in [-0.3, -0.25) is 0 Å². The molecule has 0 spiro atoms. The van der Waals surface area contributed by atoms with Crippen LogP contribution in [0.3, 0.4) is 0 Å². The molecule has 0 saturated heterocycles. The van der Waals surface area contributed by atoms with Gasteiger partial charge in [-0.1, -0.05) is 0 Å². The summed E-state index contributed by atoms with van der Waals surface area (Å²) >= 11 is 0. The van der Waals surface area contributed by atoms with Gasteiger partial charge in [-0.2, -0.15) is 8.78 Å². The maximum atomic E-state index is 12.4. The molecule has 1 heterocycles. The molecule has 0 amide bonds. The molecular formula is C6H6F2O2. The first kappa shape index (κ1) is 7.21. The molecule has 0 bridgehead atoms. The lowest BCUT2D eigenvalue weighted by Crippen LogP contribution is -2.17. The van der Waals surface area contributed by atoms with Crippen LogP contribution in [0.25, 0.3) is 0 Å². The predicted molar refractivity (Wildman–Crippen MR) is 29.7 cm³/mol. The lowest BCUT2D eigenvalue weighted by molar-refractivity contribution is -0.0560. The van der Waals surface area contributed by atoms with E-state index in [1.165, 1.54) is 0 Å². The third-order valence-electron chi connectivity index (χ3n) is 1.14. The molecule has 2 nitrogen and oxygen atoms in total. The zero-order valence-corrected chi connectivity index (χ0v) is 5.05. The quantitative estimate of drug-likeness (QED) is 0.687. The molecule has 10 heavy (non-hydrogen) atoms. The van der Waals surface area contributed by atoms with Gasteiger partial charge in [0, 0.05) is 0 Å². The van der Waals surface area contributed by atoms with Crippen LogP contribution in [-0.4, -0.2) is 11.7 Å². The molecular weight excluding hydrogens is 142 g/mol. The van der Waals surface area contributed by atoms with Crippen LogP contribution >= 0.6 is 0 Å². The number of halogens is 2. The van der Waals surface area contributed by atoms with Gasteiger partial charge < -0.3 is 9.52 Å². The summed E-state index contributed by atoms with van der Waals surface area (Å²) in [6, 6.07) is 1.12. The van der Waals surface area contributed by atoms with Crippen LogP contribution in [0.2, 0.25) is 0 Å². The van der Waals surface area contributed by atoms with E-state index >= 15 is 0 Å². The van der Waals surface area contributed by atoms with Crippen LogP contribution in [0.4, 0.5) is 8.78 Å². The van der Waals surface area contributed by atoms with Gasteiger partial charge in [0.1, 0.15) is 6.61 Å². The largest absolute Gasteiger partial charge is 0.472 e. The van der Waals surface area contributed by atoms with E-state index in [0.717, 1.165) is 18.6 Å². The molecule has 0 atom stereocenters. The Morgan fingerprint density at radius 1 is 1.60 bits per heavy atom. The lowest BCUT2D eigenvalue weighted by Gasteiger charge is -2.08. The van der Waals surface area contributed by atoms with E-state index in [9.17, 15) is 8.78 Å². The van der Waals surface area contributed by atoms with Crippen molar-refractivity contribution in [3.8, 4) is 0 Å². The summed E-state index contributed by atoms with van der Waals surface area (Å²) in [6.07, 6.45) is 2.05. The Morgan fingerprint density at radius 3 is 2.70 bits per heavy atom. The van der Waals surface area contributed by atoms with Crippen LogP contribution in [-0.2, 0) is 5.92 Å². The zero-order chi connectivity index (χ0) is 7.61. The van der Waals surface area contributed by atoms with Crippen molar-refractivity contribution in [1.29, 1.82) is 0 Å². The standard InChI is InChI=1S/C6H6F2O2/c7-6(8,4-9)5-1-2-10-3-5/h1-3,9H,4H2. The maximum absolute atomic E-state index is 12.4. The third kappa shape index (κ3) is 1.16. The van der Waals surface area contributed by atoms with Crippen LogP contribution in [0.15, 0.2) is 23.0 Å². The molecule has 1 N–H and O–H groups in total. The van der Waals surface area contributed by atoms with Crippen LogP contribution < -0.4 is 0 Å². The fourth-order valence-electron chi connectivity index (χ4n) is 0.564. The minimum absolute atomic E-state index is 0.296. The van der Waals surface area contributed by atoms with Crippen molar-refractivity contribution in [3.63, 3.8) is 0 Å². The van der Waals surface area contributed by atoms with Crippen molar-refractivity contribution in [1.82, 2.24) is 0 Å². The van der Waals surface area contributed by atoms with E-state index in [4.69, 9.17) is 5.11 Å². The maximum Gasteiger partial charge on any atom is 0.298 e. The van der Waals surface area contributed by atoms with E-state index in [2.05, 4.69) is 4.42 Å². The molecule has 56 valence electrons. The molecule has 0 aromatic carbocycles. The third-order valence-corrected chi connectivity index (χ3v) is 1.14. The first-order valence-corrected chi connectivity index (χ1v) is 2.68. The first-order valence-electron chi connectivity index (χ1n) is 2.68. The molecule has 1 aromatic rings. The highest BCUT2D eigenvalue weighted by molar-refractivity contribution is 5.12. The van der Waals surface area contributed by atoms with Crippen molar-refractivity contribution < 1.29 is 18.3 Å². The highest BCUT2D eigenvalue weighted by atomic mass is 19.3. The molecule has 0 aliphatic rings. The van der Waals surface area contributed by atoms with Gasteiger partial charge in [-0.15, -0.1) is 0 Å². The Labute approximate surface area is 56.1 Å². The van der Waals surface area contributed by atoms with E-state index in [1.807, 2.05) is 0 Å². The van der Waals surface area contributed by atoms with Gasteiger partial charge >= 0.3 is 0 Å². The van der Waals surface area contributed by atoms with E-state index in [1.54, 1.807) is 0 Å². The van der Waals surface area contributed by atoms with Gasteiger partial charge in [0.15, 0.2) is 0 Å². The highest BCUT2D eigenvalue weighted by Gasteiger charge is 2.31. The summed E-state index contributed by atoms with van der Waals surface area (Å²) in [5.41, 5.74) is -0.296.